The van der Waals surface area contributed by atoms with E-state index in [1.807, 2.05) is 19.1 Å². The molecule has 6 heteroatoms. The third-order valence-electron chi connectivity index (χ3n) is 5.05. The maximum atomic E-state index is 11.5. The van der Waals surface area contributed by atoms with E-state index in [4.69, 9.17) is 9.15 Å². The van der Waals surface area contributed by atoms with Crippen LogP contribution in [-0.4, -0.2) is 57.1 Å². The first-order chi connectivity index (χ1) is 12.0. The van der Waals surface area contributed by atoms with E-state index in [0.29, 0.717) is 17.9 Å². The average molecular weight is 348 g/mol. The van der Waals surface area contributed by atoms with Gasteiger partial charge in [-0.2, -0.15) is 0 Å². The highest BCUT2D eigenvalue weighted by atomic mass is 16.5. The monoisotopic (exact) mass is 348 g/mol. The van der Waals surface area contributed by atoms with Crippen molar-refractivity contribution in [2.24, 2.45) is 0 Å². The number of likely N-dealkylation sites (N-methyl/N-ethyl adjacent to an activating group) is 1. The zero-order valence-electron chi connectivity index (χ0n) is 15.0. The molecule has 25 heavy (non-hydrogen) atoms. The van der Waals surface area contributed by atoms with Gasteiger partial charge >= 0.3 is 5.63 Å². The van der Waals surface area contributed by atoms with Crippen LogP contribution in [0.5, 0.6) is 5.75 Å². The summed E-state index contributed by atoms with van der Waals surface area (Å²) in [7, 11) is 0. The quantitative estimate of drug-likeness (QED) is 0.565. The van der Waals surface area contributed by atoms with E-state index in [1.165, 1.54) is 30.6 Å². The molecule has 1 atom stereocenters. The molecule has 2 heterocycles. The summed E-state index contributed by atoms with van der Waals surface area (Å²) >= 11 is 0. The molecule has 0 radical (unpaired) electrons. The first kappa shape index (κ1) is 17.9. The third kappa shape index (κ3) is 4.60. The molecule has 3 N–H and O–H groups in total. The number of hydrogen-bond acceptors (Lipinski definition) is 4. The molecule has 0 spiro atoms. The topological polar surface area (TPSA) is 68.6 Å². The molecule has 0 saturated carbocycles. The van der Waals surface area contributed by atoms with Gasteiger partial charge in [-0.25, -0.2) is 4.79 Å². The van der Waals surface area contributed by atoms with Gasteiger partial charge in [0.2, 0.25) is 0 Å². The number of ether oxygens (including phenoxy) is 1. The second-order valence-corrected chi connectivity index (χ2v) is 6.93. The van der Waals surface area contributed by atoms with E-state index in [-0.39, 0.29) is 12.2 Å². The normalized spacial score (nSPS) is 22.0. The van der Waals surface area contributed by atoms with Crippen LogP contribution in [0.4, 0.5) is 0 Å². The fourth-order valence-electron chi connectivity index (χ4n) is 3.49. The summed E-state index contributed by atoms with van der Waals surface area (Å²) in [6.07, 6.45) is -0.501. The number of rotatable bonds is 6. The largest absolute Gasteiger partial charge is 0.491 e. The Bertz CT molecular complexity index is 766. The van der Waals surface area contributed by atoms with Gasteiger partial charge in [-0.1, -0.05) is 0 Å². The van der Waals surface area contributed by atoms with Crippen molar-refractivity contribution >= 4 is 11.0 Å². The van der Waals surface area contributed by atoms with Crippen molar-refractivity contribution in [3.8, 4) is 5.75 Å². The Kier molecular flexibility index (Phi) is 5.73. The van der Waals surface area contributed by atoms with Crippen molar-refractivity contribution in [2.75, 3.05) is 45.9 Å². The molecule has 1 saturated heterocycles. The first-order valence-corrected chi connectivity index (χ1v) is 9.07. The summed E-state index contributed by atoms with van der Waals surface area (Å²) < 4.78 is 10.9. The van der Waals surface area contributed by atoms with Gasteiger partial charge in [-0.15, -0.1) is 0 Å². The molecule has 0 unspecified atom stereocenters. The summed E-state index contributed by atoms with van der Waals surface area (Å²) in [5, 5.41) is 11.2. The SMILES string of the molecule is CC[NH+]1CC[NH+](C[C@@H](O)COc2ccc3c(C)cc(=O)oc3c2)CC1. The van der Waals surface area contributed by atoms with Crippen LogP contribution in [0.15, 0.2) is 33.5 Å². The lowest BCUT2D eigenvalue weighted by Crippen LogP contribution is -3.28. The van der Waals surface area contributed by atoms with Crippen LogP contribution >= 0.6 is 0 Å². The van der Waals surface area contributed by atoms with Crippen molar-refractivity contribution in [3.05, 3.63) is 40.2 Å². The maximum Gasteiger partial charge on any atom is 0.336 e. The van der Waals surface area contributed by atoms with Crippen molar-refractivity contribution in [1.82, 2.24) is 0 Å². The number of nitrogens with one attached hydrogen (secondary N) is 2. The molecule has 0 amide bonds. The predicted molar refractivity (Wildman–Crippen MR) is 95.5 cm³/mol. The molecule has 0 aliphatic carbocycles. The number of hydrogen-bond donors (Lipinski definition) is 3. The summed E-state index contributed by atoms with van der Waals surface area (Å²) in [4.78, 5) is 14.6. The van der Waals surface area contributed by atoms with Crippen molar-refractivity contribution in [2.45, 2.75) is 20.0 Å². The molecule has 2 aromatic rings. The Morgan fingerprint density at radius 2 is 1.92 bits per heavy atom. The number of fused-ring (bicyclic) bond motifs is 1. The number of aliphatic hydroxyl groups excluding tert-OH is 1. The highest BCUT2D eigenvalue weighted by Gasteiger charge is 2.24. The van der Waals surface area contributed by atoms with Crippen LogP contribution in [-0.2, 0) is 0 Å². The molecular formula is C19H28N2O4+2. The molecule has 1 aliphatic heterocycles. The van der Waals surface area contributed by atoms with Crippen LogP contribution in [0.3, 0.4) is 0 Å². The Labute approximate surface area is 147 Å². The lowest BCUT2D eigenvalue weighted by Gasteiger charge is -2.30. The molecule has 3 rings (SSSR count). The van der Waals surface area contributed by atoms with Crippen LogP contribution < -0.4 is 20.2 Å². The Morgan fingerprint density at radius 1 is 1.20 bits per heavy atom. The van der Waals surface area contributed by atoms with E-state index >= 15 is 0 Å². The van der Waals surface area contributed by atoms with E-state index in [9.17, 15) is 9.90 Å². The van der Waals surface area contributed by atoms with Crippen molar-refractivity contribution < 1.29 is 24.1 Å². The Balaban J connectivity index is 1.54. The zero-order chi connectivity index (χ0) is 17.8. The summed E-state index contributed by atoms with van der Waals surface area (Å²) in [6.45, 7) is 10.8. The summed E-state index contributed by atoms with van der Waals surface area (Å²) in [5.41, 5.74) is 1.04. The zero-order valence-corrected chi connectivity index (χ0v) is 15.0. The number of piperazine rings is 1. The molecule has 136 valence electrons. The van der Waals surface area contributed by atoms with E-state index in [0.717, 1.165) is 24.0 Å². The molecule has 6 nitrogen and oxygen atoms in total. The standard InChI is InChI=1S/C19H26N2O4/c1-3-20-6-8-21(9-7-20)12-15(22)13-24-16-4-5-17-14(2)10-19(23)25-18(17)11-16/h4-5,10-11,15,22H,3,6-9,12-13H2,1-2H3/p+2/t15-/m1/s1. The lowest BCUT2D eigenvalue weighted by atomic mass is 10.1. The van der Waals surface area contributed by atoms with Gasteiger partial charge in [0.1, 0.15) is 56.8 Å². The number of aliphatic hydroxyl groups is 1. The van der Waals surface area contributed by atoms with Gasteiger partial charge in [-0.05, 0) is 31.5 Å². The lowest BCUT2D eigenvalue weighted by molar-refractivity contribution is -1.01. The summed E-state index contributed by atoms with van der Waals surface area (Å²) in [6, 6.07) is 6.92. The third-order valence-corrected chi connectivity index (χ3v) is 5.05. The van der Waals surface area contributed by atoms with Crippen molar-refractivity contribution in [1.29, 1.82) is 0 Å². The van der Waals surface area contributed by atoms with Crippen LogP contribution in [0.2, 0.25) is 0 Å². The van der Waals surface area contributed by atoms with E-state index < -0.39 is 6.10 Å². The predicted octanol–water partition coefficient (Wildman–Crippen LogP) is -1.36. The maximum absolute atomic E-state index is 11.5. The molecule has 1 aromatic carbocycles. The number of quaternary nitrogens is 2. The van der Waals surface area contributed by atoms with Gasteiger partial charge in [0.05, 0.1) is 6.54 Å². The minimum Gasteiger partial charge on any atom is -0.491 e. The molecule has 1 fully saturated rings. The van der Waals surface area contributed by atoms with Crippen LogP contribution in [0, 0.1) is 6.92 Å². The molecule has 1 aromatic heterocycles. The minimum atomic E-state index is -0.501. The van der Waals surface area contributed by atoms with Gasteiger partial charge in [-0.3, -0.25) is 0 Å². The Hall–Kier alpha value is -1.89. The highest BCUT2D eigenvalue weighted by Crippen LogP contribution is 2.22. The van der Waals surface area contributed by atoms with E-state index in [1.54, 1.807) is 11.0 Å². The van der Waals surface area contributed by atoms with Gasteiger partial charge < -0.3 is 24.1 Å². The smallest absolute Gasteiger partial charge is 0.336 e. The number of benzene rings is 1. The van der Waals surface area contributed by atoms with Gasteiger partial charge in [0, 0.05) is 17.5 Å². The fourth-order valence-corrected chi connectivity index (χ4v) is 3.49. The van der Waals surface area contributed by atoms with E-state index in [2.05, 4.69) is 6.92 Å². The fraction of sp³-hybridized carbons (Fsp3) is 0.526. The van der Waals surface area contributed by atoms with Gasteiger partial charge in [0.25, 0.3) is 0 Å². The second-order valence-electron chi connectivity index (χ2n) is 6.93. The van der Waals surface area contributed by atoms with Crippen molar-refractivity contribution in [3.63, 3.8) is 0 Å². The van der Waals surface area contributed by atoms with Gasteiger partial charge in [0.15, 0.2) is 0 Å². The second kappa shape index (κ2) is 7.99. The average Bonchev–Trinajstić information content (AvgIpc) is 2.60. The first-order valence-electron chi connectivity index (χ1n) is 9.07. The molecular weight excluding hydrogens is 320 g/mol. The summed E-state index contributed by atoms with van der Waals surface area (Å²) in [5.74, 6) is 0.607. The highest BCUT2D eigenvalue weighted by molar-refractivity contribution is 5.81. The minimum absolute atomic E-state index is 0.245. The van der Waals surface area contributed by atoms with Crippen LogP contribution in [0.1, 0.15) is 12.5 Å². The Morgan fingerprint density at radius 3 is 2.64 bits per heavy atom. The number of aryl methyl sites for hydroxylation is 1. The molecule has 1 aliphatic rings. The molecule has 0 bridgehead atoms. The van der Waals surface area contributed by atoms with Crippen LogP contribution in [0.25, 0.3) is 11.0 Å².